The normalized spacial score (nSPS) is 15.6. The second-order valence-electron chi connectivity index (χ2n) is 6.12. The molecule has 1 aliphatic heterocycles. The maximum atomic E-state index is 12.8. The zero-order valence-electron chi connectivity index (χ0n) is 12.8. The molecule has 116 valence electrons. The fraction of sp³-hybridized carbons (Fsp3) is 0.222. The molecule has 0 amide bonds. The molecule has 3 heterocycles. The standard InChI is InChI=1S/C18H15NO4/c1-18(2)6-5-10-12(9-20)15-14(8-13(10)23-18)22-17-11(16(15)21)4-3-7-19-17/h3-8,20H,9H2,1-2H3. The molecule has 4 rings (SSSR count). The molecule has 0 bridgehead atoms. The predicted molar refractivity (Wildman–Crippen MR) is 87.4 cm³/mol. The number of hydrogen-bond donors (Lipinski definition) is 1. The molecule has 0 radical (unpaired) electrons. The Morgan fingerprint density at radius 1 is 1.35 bits per heavy atom. The van der Waals surface area contributed by atoms with Crippen LogP contribution in [0.25, 0.3) is 28.1 Å². The van der Waals surface area contributed by atoms with Crippen molar-refractivity contribution in [3.63, 3.8) is 0 Å². The van der Waals surface area contributed by atoms with Gasteiger partial charge in [0.1, 0.15) is 16.9 Å². The van der Waals surface area contributed by atoms with Gasteiger partial charge in [0.05, 0.1) is 17.4 Å². The van der Waals surface area contributed by atoms with E-state index in [0.717, 1.165) is 5.56 Å². The Bertz CT molecular complexity index is 1030. The maximum absolute atomic E-state index is 12.8. The molecule has 0 spiro atoms. The first kappa shape index (κ1) is 14.0. The van der Waals surface area contributed by atoms with Gasteiger partial charge in [-0.25, -0.2) is 4.98 Å². The second-order valence-corrected chi connectivity index (χ2v) is 6.12. The Balaban J connectivity index is 2.17. The third-order valence-corrected chi connectivity index (χ3v) is 4.03. The van der Waals surface area contributed by atoms with Crippen LogP contribution < -0.4 is 10.2 Å². The Hall–Kier alpha value is -2.66. The van der Waals surface area contributed by atoms with Crippen molar-refractivity contribution in [3.05, 3.63) is 51.8 Å². The summed E-state index contributed by atoms with van der Waals surface area (Å²) in [5.41, 5.74) is 1.23. The van der Waals surface area contributed by atoms with E-state index in [-0.39, 0.29) is 17.7 Å². The average molecular weight is 309 g/mol. The summed E-state index contributed by atoms with van der Waals surface area (Å²) in [5.74, 6) is 0.590. The van der Waals surface area contributed by atoms with E-state index in [0.29, 0.717) is 27.7 Å². The van der Waals surface area contributed by atoms with Crippen molar-refractivity contribution >= 4 is 28.1 Å². The van der Waals surface area contributed by atoms with E-state index in [9.17, 15) is 9.90 Å². The summed E-state index contributed by atoms with van der Waals surface area (Å²) < 4.78 is 11.7. The van der Waals surface area contributed by atoms with E-state index in [1.165, 1.54) is 0 Å². The van der Waals surface area contributed by atoms with Crippen LogP contribution in [-0.2, 0) is 6.61 Å². The number of aromatic nitrogens is 1. The minimum absolute atomic E-state index is 0.195. The minimum atomic E-state index is -0.456. The van der Waals surface area contributed by atoms with Gasteiger partial charge in [-0.2, -0.15) is 0 Å². The number of nitrogens with zero attached hydrogens (tertiary/aromatic N) is 1. The zero-order valence-corrected chi connectivity index (χ0v) is 12.8. The number of hydrogen-bond acceptors (Lipinski definition) is 5. The lowest BCUT2D eigenvalue weighted by Gasteiger charge is -2.29. The quantitative estimate of drug-likeness (QED) is 0.700. The molecule has 0 saturated carbocycles. The largest absolute Gasteiger partial charge is 0.483 e. The SMILES string of the molecule is CC1(C)C=Cc2c(cc3oc4ncccc4c(=O)c3c2CO)O1. The number of ether oxygens (including phenoxy) is 1. The van der Waals surface area contributed by atoms with Crippen molar-refractivity contribution in [2.24, 2.45) is 0 Å². The van der Waals surface area contributed by atoms with E-state index in [4.69, 9.17) is 9.15 Å². The fourth-order valence-corrected chi connectivity index (χ4v) is 2.95. The second kappa shape index (κ2) is 4.67. The van der Waals surface area contributed by atoms with Crippen molar-refractivity contribution < 1.29 is 14.3 Å². The highest BCUT2D eigenvalue weighted by molar-refractivity contribution is 5.93. The number of aliphatic hydroxyl groups is 1. The van der Waals surface area contributed by atoms with E-state index < -0.39 is 5.60 Å². The first-order valence-corrected chi connectivity index (χ1v) is 7.37. The van der Waals surface area contributed by atoms with Gasteiger partial charge in [0.15, 0.2) is 0 Å². The molecule has 5 nitrogen and oxygen atoms in total. The van der Waals surface area contributed by atoms with E-state index in [1.807, 2.05) is 26.0 Å². The predicted octanol–water partition coefficient (Wildman–Crippen LogP) is 3.02. The number of fused-ring (bicyclic) bond motifs is 3. The Labute approximate surface area is 131 Å². The minimum Gasteiger partial charge on any atom is -0.483 e. The van der Waals surface area contributed by atoms with E-state index >= 15 is 0 Å². The summed E-state index contributed by atoms with van der Waals surface area (Å²) in [5, 5.41) is 10.6. The Kier molecular flexibility index (Phi) is 2.83. The molecule has 3 aromatic rings. The lowest BCUT2D eigenvalue weighted by atomic mass is 9.95. The summed E-state index contributed by atoms with van der Waals surface area (Å²) in [6.45, 7) is 3.60. The van der Waals surface area contributed by atoms with Gasteiger partial charge in [-0.3, -0.25) is 4.79 Å². The highest BCUT2D eigenvalue weighted by Gasteiger charge is 2.26. The van der Waals surface area contributed by atoms with Crippen molar-refractivity contribution in [3.8, 4) is 5.75 Å². The average Bonchev–Trinajstić information content (AvgIpc) is 2.52. The molecule has 1 N–H and O–H groups in total. The van der Waals surface area contributed by atoms with Gasteiger partial charge in [-0.05, 0) is 32.1 Å². The summed E-state index contributed by atoms with van der Waals surface area (Å²) >= 11 is 0. The third kappa shape index (κ3) is 2.04. The highest BCUT2D eigenvalue weighted by Crippen LogP contribution is 2.37. The molecule has 1 aliphatic rings. The van der Waals surface area contributed by atoms with Gasteiger partial charge in [0.25, 0.3) is 0 Å². The third-order valence-electron chi connectivity index (χ3n) is 4.03. The first-order chi connectivity index (χ1) is 11.0. The molecule has 1 aromatic carbocycles. The number of aliphatic hydroxyl groups excluding tert-OH is 1. The lowest BCUT2D eigenvalue weighted by Crippen LogP contribution is -2.28. The molecule has 0 atom stereocenters. The molecule has 0 unspecified atom stereocenters. The van der Waals surface area contributed by atoms with Crippen LogP contribution >= 0.6 is 0 Å². The number of benzene rings is 1. The highest BCUT2D eigenvalue weighted by atomic mass is 16.5. The fourth-order valence-electron chi connectivity index (χ4n) is 2.95. The van der Waals surface area contributed by atoms with Crippen LogP contribution in [0.3, 0.4) is 0 Å². The van der Waals surface area contributed by atoms with Crippen LogP contribution in [0.1, 0.15) is 25.0 Å². The van der Waals surface area contributed by atoms with Gasteiger partial charge >= 0.3 is 0 Å². The molecule has 2 aromatic heterocycles. The Morgan fingerprint density at radius 3 is 2.96 bits per heavy atom. The van der Waals surface area contributed by atoms with Crippen LogP contribution in [0.4, 0.5) is 0 Å². The van der Waals surface area contributed by atoms with Crippen LogP contribution in [0.15, 0.2) is 39.7 Å². The monoisotopic (exact) mass is 309 g/mol. The smallest absolute Gasteiger partial charge is 0.230 e. The molecule has 5 heteroatoms. The van der Waals surface area contributed by atoms with Gasteiger partial charge < -0.3 is 14.3 Å². The molecule has 0 saturated heterocycles. The molecule has 0 aliphatic carbocycles. The topological polar surface area (TPSA) is 72.6 Å². The van der Waals surface area contributed by atoms with Crippen molar-refractivity contribution in [2.45, 2.75) is 26.1 Å². The number of pyridine rings is 1. The number of rotatable bonds is 1. The lowest BCUT2D eigenvalue weighted by molar-refractivity contribution is 0.158. The van der Waals surface area contributed by atoms with Gasteiger partial charge in [0.2, 0.25) is 11.1 Å². The van der Waals surface area contributed by atoms with Crippen molar-refractivity contribution in [1.29, 1.82) is 0 Å². The van der Waals surface area contributed by atoms with E-state index in [2.05, 4.69) is 4.98 Å². The Morgan fingerprint density at radius 2 is 2.17 bits per heavy atom. The van der Waals surface area contributed by atoms with Gasteiger partial charge in [-0.15, -0.1) is 0 Å². The van der Waals surface area contributed by atoms with Crippen LogP contribution in [0.2, 0.25) is 0 Å². The molecule has 23 heavy (non-hydrogen) atoms. The van der Waals surface area contributed by atoms with Crippen LogP contribution in [0, 0.1) is 0 Å². The maximum Gasteiger partial charge on any atom is 0.230 e. The molecule has 0 fully saturated rings. The zero-order chi connectivity index (χ0) is 16.2. The summed E-state index contributed by atoms with van der Waals surface area (Å²) in [6.07, 6.45) is 5.37. The first-order valence-electron chi connectivity index (χ1n) is 7.37. The summed E-state index contributed by atoms with van der Waals surface area (Å²) in [4.78, 5) is 16.9. The van der Waals surface area contributed by atoms with E-state index in [1.54, 1.807) is 24.4 Å². The van der Waals surface area contributed by atoms with Crippen LogP contribution in [-0.4, -0.2) is 15.7 Å². The molecular formula is C18H15NO4. The van der Waals surface area contributed by atoms with Crippen molar-refractivity contribution in [2.75, 3.05) is 0 Å². The van der Waals surface area contributed by atoms with Crippen molar-refractivity contribution in [1.82, 2.24) is 4.98 Å². The summed E-state index contributed by atoms with van der Waals surface area (Å²) in [7, 11) is 0. The summed E-state index contributed by atoms with van der Waals surface area (Å²) in [6, 6.07) is 5.06. The van der Waals surface area contributed by atoms with Gasteiger partial charge in [-0.1, -0.05) is 6.08 Å². The molecular weight excluding hydrogens is 294 g/mol. The van der Waals surface area contributed by atoms with Gasteiger partial charge in [0, 0.05) is 23.4 Å². The van der Waals surface area contributed by atoms with Crippen LogP contribution in [0.5, 0.6) is 5.75 Å².